The number of carbonyl (C=O) groups excluding carboxylic acids is 1. The van der Waals surface area contributed by atoms with E-state index >= 15 is 0 Å². The van der Waals surface area contributed by atoms with Crippen LogP contribution in [0, 0.1) is 0 Å². The zero-order chi connectivity index (χ0) is 12.3. The quantitative estimate of drug-likeness (QED) is 0.848. The molecule has 17 heavy (non-hydrogen) atoms. The summed E-state index contributed by atoms with van der Waals surface area (Å²) in [5.41, 5.74) is 0.740. The highest BCUT2D eigenvalue weighted by Gasteiger charge is 2.17. The topological polar surface area (TPSA) is 50.4 Å². The van der Waals surface area contributed by atoms with Crippen molar-refractivity contribution in [3.05, 3.63) is 27.1 Å². The van der Waals surface area contributed by atoms with Crippen LogP contribution in [0.4, 0.5) is 10.5 Å². The van der Waals surface area contributed by atoms with Gasteiger partial charge < -0.3 is 15.4 Å². The second-order valence-electron chi connectivity index (χ2n) is 3.78. The third kappa shape index (κ3) is 3.69. The molecule has 6 heteroatoms. The normalized spacial score (nSPS) is 19.1. The fraction of sp³-hybridized carbons (Fsp3) is 0.364. The fourth-order valence-electron chi connectivity index (χ4n) is 1.58. The maximum absolute atomic E-state index is 11.7. The minimum atomic E-state index is -0.205. The number of nitrogens with one attached hydrogen (secondary N) is 2. The van der Waals surface area contributed by atoms with Crippen LogP contribution < -0.4 is 10.6 Å². The first-order valence-electron chi connectivity index (χ1n) is 5.25. The van der Waals surface area contributed by atoms with Crippen LogP contribution in [0.15, 0.2) is 27.1 Å². The molecule has 1 unspecified atom stereocenters. The van der Waals surface area contributed by atoms with Crippen LogP contribution in [0.1, 0.15) is 6.42 Å². The summed E-state index contributed by atoms with van der Waals surface area (Å²) in [5.74, 6) is 0. The van der Waals surface area contributed by atoms with E-state index < -0.39 is 0 Å². The molecular formula is C11H12Br2N2O2. The first-order valence-corrected chi connectivity index (χ1v) is 6.84. The molecule has 0 radical (unpaired) electrons. The molecule has 2 N–H and O–H groups in total. The van der Waals surface area contributed by atoms with Gasteiger partial charge in [0.05, 0.1) is 18.3 Å². The Labute approximate surface area is 116 Å². The average Bonchev–Trinajstić information content (AvgIpc) is 2.75. The van der Waals surface area contributed by atoms with Gasteiger partial charge in [-0.1, -0.05) is 15.9 Å². The van der Waals surface area contributed by atoms with Crippen molar-refractivity contribution < 1.29 is 9.53 Å². The molecule has 0 bridgehead atoms. The molecule has 1 aromatic rings. The summed E-state index contributed by atoms with van der Waals surface area (Å²) < 4.78 is 6.99. The SMILES string of the molecule is O=C(Nc1ccc(Br)cc1Br)NC1CCOC1. The molecular weight excluding hydrogens is 352 g/mol. The van der Waals surface area contributed by atoms with Gasteiger partial charge in [0.2, 0.25) is 0 Å². The largest absolute Gasteiger partial charge is 0.379 e. The summed E-state index contributed by atoms with van der Waals surface area (Å²) in [6.07, 6.45) is 0.870. The van der Waals surface area contributed by atoms with E-state index in [-0.39, 0.29) is 12.1 Å². The number of ether oxygens (including phenoxy) is 1. The van der Waals surface area contributed by atoms with Crippen molar-refractivity contribution >= 4 is 43.6 Å². The van der Waals surface area contributed by atoms with Crippen molar-refractivity contribution in [3.8, 4) is 0 Å². The average molecular weight is 364 g/mol. The van der Waals surface area contributed by atoms with Gasteiger partial charge >= 0.3 is 6.03 Å². The number of hydrogen-bond acceptors (Lipinski definition) is 2. The summed E-state index contributed by atoms with van der Waals surface area (Å²) >= 11 is 6.75. The second kappa shape index (κ2) is 5.84. The molecule has 0 spiro atoms. The highest BCUT2D eigenvalue weighted by molar-refractivity contribution is 9.11. The summed E-state index contributed by atoms with van der Waals surface area (Å²) in [4.78, 5) is 11.7. The van der Waals surface area contributed by atoms with Gasteiger partial charge in [0, 0.05) is 15.6 Å². The molecule has 0 saturated carbocycles. The second-order valence-corrected chi connectivity index (χ2v) is 5.55. The van der Waals surface area contributed by atoms with Crippen LogP contribution in [0.5, 0.6) is 0 Å². The molecule has 1 aromatic carbocycles. The maximum atomic E-state index is 11.7. The smallest absolute Gasteiger partial charge is 0.319 e. The maximum Gasteiger partial charge on any atom is 0.319 e. The van der Waals surface area contributed by atoms with Crippen molar-refractivity contribution in [2.75, 3.05) is 18.5 Å². The van der Waals surface area contributed by atoms with Crippen molar-refractivity contribution in [1.82, 2.24) is 5.32 Å². The van der Waals surface area contributed by atoms with Gasteiger partial charge in [0.25, 0.3) is 0 Å². The fourth-order valence-corrected chi connectivity index (χ4v) is 2.73. The van der Waals surface area contributed by atoms with Gasteiger partial charge in [-0.15, -0.1) is 0 Å². The molecule has 1 aliphatic rings. The Hall–Kier alpha value is -0.590. The van der Waals surface area contributed by atoms with Crippen molar-refractivity contribution in [2.24, 2.45) is 0 Å². The molecule has 2 amide bonds. The van der Waals surface area contributed by atoms with E-state index in [4.69, 9.17) is 4.74 Å². The highest BCUT2D eigenvalue weighted by Crippen LogP contribution is 2.26. The summed E-state index contributed by atoms with van der Waals surface area (Å²) in [5, 5.41) is 5.65. The molecule has 2 rings (SSSR count). The van der Waals surface area contributed by atoms with E-state index in [9.17, 15) is 4.79 Å². The number of amides is 2. The van der Waals surface area contributed by atoms with E-state index in [0.29, 0.717) is 13.2 Å². The molecule has 1 atom stereocenters. The Morgan fingerprint density at radius 3 is 2.88 bits per heavy atom. The number of rotatable bonds is 2. The minimum Gasteiger partial charge on any atom is -0.379 e. The number of halogens is 2. The van der Waals surface area contributed by atoms with Gasteiger partial charge in [-0.2, -0.15) is 0 Å². The van der Waals surface area contributed by atoms with Crippen LogP contribution in [-0.2, 0) is 4.74 Å². The van der Waals surface area contributed by atoms with E-state index in [1.165, 1.54) is 0 Å². The third-order valence-corrected chi connectivity index (χ3v) is 3.59. The lowest BCUT2D eigenvalue weighted by atomic mass is 10.3. The number of anilines is 1. The Morgan fingerprint density at radius 1 is 1.41 bits per heavy atom. The Kier molecular flexibility index (Phi) is 4.42. The zero-order valence-electron chi connectivity index (χ0n) is 9.00. The van der Waals surface area contributed by atoms with E-state index in [0.717, 1.165) is 21.1 Å². The predicted octanol–water partition coefficient (Wildman–Crippen LogP) is 3.12. The Bertz CT molecular complexity index is 420. The van der Waals surface area contributed by atoms with Crippen LogP contribution in [0.2, 0.25) is 0 Å². The number of urea groups is 1. The first kappa shape index (κ1) is 12.9. The van der Waals surface area contributed by atoms with Gasteiger partial charge in [0.1, 0.15) is 0 Å². The highest BCUT2D eigenvalue weighted by atomic mass is 79.9. The van der Waals surface area contributed by atoms with Gasteiger partial charge in [0.15, 0.2) is 0 Å². The summed E-state index contributed by atoms with van der Waals surface area (Å²) in [6, 6.07) is 5.50. The molecule has 1 fully saturated rings. The molecule has 1 aliphatic heterocycles. The summed E-state index contributed by atoms with van der Waals surface area (Å²) in [6.45, 7) is 1.31. The van der Waals surface area contributed by atoms with E-state index in [1.54, 1.807) is 0 Å². The van der Waals surface area contributed by atoms with Crippen molar-refractivity contribution in [1.29, 1.82) is 0 Å². The Morgan fingerprint density at radius 2 is 2.24 bits per heavy atom. The molecule has 4 nitrogen and oxygen atoms in total. The molecule has 1 saturated heterocycles. The molecule has 0 aromatic heterocycles. The predicted molar refractivity (Wildman–Crippen MR) is 73.2 cm³/mol. The van der Waals surface area contributed by atoms with E-state index in [2.05, 4.69) is 42.5 Å². The van der Waals surface area contributed by atoms with Crippen LogP contribution >= 0.6 is 31.9 Å². The van der Waals surface area contributed by atoms with E-state index in [1.807, 2.05) is 18.2 Å². The zero-order valence-corrected chi connectivity index (χ0v) is 12.2. The number of hydrogen-bond donors (Lipinski definition) is 2. The number of benzene rings is 1. The lowest BCUT2D eigenvalue weighted by Crippen LogP contribution is -2.38. The first-order chi connectivity index (χ1) is 8.15. The van der Waals surface area contributed by atoms with Crippen LogP contribution in [0.25, 0.3) is 0 Å². The minimum absolute atomic E-state index is 0.115. The van der Waals surface area contributed by atoms with Gasteiger partial charge in [-0.25, -0.2) is 4.79 Å². The van der Waals surface area contributed by atoms with Gasteiger partial charge in [-0.05, 0) is 40.5 Å². The lowest BCUT2D eigenvalue weighted by Gasteiger charge is -2.12. The van der Waals surface area contributed by atoms with Crippen LogP contribution in [0.3, 0.4) is 0 Å². The lowest BCUT2D eigenvalue weighted by molar-refractivity contribution is 0.189. The van der Waals surface area contributed by atoms with Gasteiger partial charge in [-0.3, -0.25) is 0 Å². The molecule has 1 heterocycles. The van der Waals surface area contributed by atoms with Crippen molar-refractivity contribution in [2.45, 2.75) is 12.5 Å². The standard InChI is InChI=1S/C11H12Br2N2O2/c12-7-1-2-10(9(13)5-7)15-11(16)14-8-3-4-17-6-8/h1-2,5,8H,3-4,6H2,(H2,14,15,16). The summed E-state index contributed by atoms with van der Waals surface area (Å²) in [7, 11) is 0. The van der Waals surface area contributed by atoms with Crippen molar-refractivity contribution in [3.63, 3.8) is 0 Å². The third-order valence-electron chi connectivity index (χ3n) is 2.44. The number of carbonyl (C=O) groups is 1. The monoisotopic (exact) mass is 362 g/mol. The molecule has 92 valence electrons. The Balaban J connectivity index is 1.93. The molecule has 0 aliphatic carbocycles. The van der Waals surface area contributed by atoms with Crippen LogP contribution in [-0.4, -0.2) is 25.3 Å².